The molecule has 0 aromatic heterocycles. The van der Waals surface area contributed by atoms with Crippen LogP contribution in [0.5, 0.6) is 0 Å². The largest absolute Gasteiger partial charge is 0.481 e. The van der Waals surface area contributed by atoms with E-state index in [9.17, 15) is 18.3 Å². The third-order valence-electron chi connectivity index (χ3n) is 1.69. The number of hydrogen-bond acceptors (Lipinski definition) is 5. The summed E-state index contributed by atoms with van der Waals surface area (Å²) in [5.74, 6) is -1.53. The van der Waals surface area contributed by atoms with Crippen LogP contribution >= 0.6 is 11.8 Å². The van der Waals surface area contributed by atoms with E-state index >= 15 is 0 Å². The zero-order valence-corrected chi connectivity index (χ0v) is 8.34. The molecule has 0 aromatic carbocycles. The molecule has 5 nitrogen and oxygen atoms in total. The number of sulfone groups is 1. The Kier molecular flexibility index (Phi) is 3.20. The smallest absolute Gasteiger partial charge is 0.313 e. The molecule has 0 amide bonds. The van der Waals surface area contributed by atoms with Crippen LogP contribution in [0.1, 0.15) is 0 Å². The van der Waals surface area contributed by atoms with Crippen LogP contribution < -0.4 is 0 Å². The van der Waals surface area contributed by atoms with E-state index in [2.05, 4.69) is 0 Å². The maximum atomic E-state index is 11.0. The Morgan fingerprint density at radius 1 is 1.46 bits per heavy atom. The first-order valence-electron chi connectivity index (χ1n) is 3.62. The Bertz CT molecular complexity index is 296. The number of carboxylic acid groups (broad SMARTS) is 1. The van der Waals surface area contributed by atoms with Crippen molar-refractivity contribution in [2.24, 2.45) is 0 Å². The Morgan fingerprint density at radius 3 is 2.46 bits per heavy atom. The summed E-state index contributed by atoms with van der Waals surface area (Å²) < 4.78 is 22.0. The molecule has 1 saturated heterocycles. The second kappa shape index (κ2) is 3.85. The summed E-state index contributed by atoms with van der Waals surface area (Å²) in [6, 6.07) is 0. The van der Waals surface area contributed by atoms with Crippen molar-refractivity contribution in [1.29, 1.82) is 0 Å². The quantitative estimate of drug-likeness (QED) is 0.639. The van der Waals surface area contributed by atoms with Crippen molar-refractivity contribution in [3.05, 3.63) is 0 Å². The minimum Gasteiger partial charge on any atom is -0.481 e. The second-order valence-corrected chi connectivity index (χ2v) is 6.27. The molecule has 0 spiro atoms. The molecule has 2 atom stereocenters. The number of thioether (sulfide) groups is 1. The minimum absolute atomic E-state index is 0.119. The van der Waals surface area contributed by atoms with Gasteiger partial charge in [0.05, 0.1) is 23.4 Å². The average molecular weight is 226 g/mol. The lowest BCUT2D eigenvalue weighted by molar-refractivity contribution is -0.133. The van der Waals surface area contributed by atoms with Gasteiger partial charge in [-0.1, -0.05) is 0 Å². The number of rotatable bonds is 3. The molecular formula is C6H10O5S2. The Morgan fingerprint density at radius 2 is 2.08 bits per heavy atom. The van der Waals surface area contributed by atoms with Gasteiger partial charge < -0.3 is 10.2 Å². The van der Waals surface area contributed by atoms with Crippen molar-refractivity contribution >= 4 is 27.6 Å². The third kappa shape index (κ3) is 3.17. The zero-order valence-electron chi connectivity index (χ0n) is 6.71. The van der Waals surface area contributed by atoms with Gasteiger partial charge in [0.1, 0.15) is 0 Å². The van der Waals surface area contributed by atoms with Gasteiger partial charge in [0.15, 0.2) is 9.84 Å². The van der Waals surface area contributed by atoms with Crippen LogP contribution in [-0.2, 0) is 14.6 Å². The second-order valence-electron chi connectivity index (χ2n) is 2.89. The van der Waals surface area contributed by atoms with Gasteiger partial charge in [-0.15, -0.1) is 11.8 Å². The van der Waals surface area contributed by atoms with E-state index < -0.39 is 27.2 Å². The Hall–Kier alpha value is -0.270. The number of hydrogen-bond donors (Lipinski definition) is 2. The van der Waals surface area contributed by atoms with Gasteiger partial charge in [0, 0.05) is 5.25 Å². The SMILES string of the molecule is O=C(O)CS[C@@H]1CS(=O)(=O)C[C@H]1O. The van der Waals surface area contributed by atoms with Crippen LogP contribution in [0.2, 0.25) is 0 Å². The van der Waals surface area contributed by atoms with Crippen LogP contribution in [0.25, 0.3) is 0 Å². The fourth-order valence-electron chi connectivity index (χ4n) is 1.13. The molecule has 0 radical (unpaired) electrons. The van der Waals surface area contributed by atoms with Gasteiger partial charge in [-0.05, 0) is 0 Å². The molecule has 0 aromatic rings. The highest BCUT2D eigenvalue weighted by atomic mass is 32.2. The van der Waals surface area contributed by atoms with Gasteiger partial charge in [0.25, 0.3) is 0 Å². The highest BCUT2D eigenvalue weighted by Gasteiger charge is 2.36. The van der Waals surface area contributed by atoms with Crippen LogP contribution in [-0.4, -0.2) is 53.2 Å². The fraction of sp³-hybridized carbons (Fsp3) is 0.833. The first-order chi connectivity index (χ1) is 5.91. The summed E-state index contributed by atoms with van der Waals surface area (Å²) in [4.78, 5) is 10.2. The van der Waals surface area contributed by atoms with Crippen molar-refractivity contribution in [2.75, 3.05) is 17.3 Å². The molecular weight excluding hydrogens is 216 g/mol. The summed E-state index contributed by atoms with van der Waals surface area (Å²) in [5.41, 5.74) is 0. The van der Waals surface area contributed by atoms with Crippen LogP contribution in [0, 0.1) is 0 Å². The summed E-state index contributed by atoms with van der Waals surface area (Å²) in [7, 11) is -3.16. The summed E-state index contributed by atoms with van der Waals surface area (Å²) in [6.45, 7) is 0. The number of aliphatic hydroxyl groups excluding tert-OH is 1. The third-order valence-corrected chi connectivity index (χ3v) is 4.94. The van der Waals surface area contributed by atoms with E-state index in [0.717, 1.165) is 11.8 Å². The van der Waals surface area contributed by atoms with Crippen molar-refractivity contribution in [1.82, 2.24) is 0 Å². The summed E-state index contributed by atoms with van der Waals surface area (Å²) in [6.07, 6.45) is -0.922. The molecule has 2 N–H and O–H groups in total. The molecule has 0 saturated carbocycles. The molecule has 1 heterocycles. The van der Waals surface area contributed by atoms with Crippen LogP contribution in [0.4, 0.5) is 0 Å². The first-order valence-corrected chi connectivity index (χ1v) is 6.49. The normalized spacial score (nSPS) is 31.8. The molecule has 1 aliphatic heterocycles. The molecule has 1 fully saturated rings. The number of aliphatic hydroxyl groups is 1. The van der Waals surface area contributed by atoms with E-state index in [0.29, 0.717) is 0 Å². The lowest BCUT2D eigenvalue weighted by Gasteiger charge is -2.09. The van der Waals surface area contributed by atoms with E-state index in [1.165, 1.54) is 0 Å². The van der Waals surface area contributed by atoms with Gasteiger partial charge >= 0.3 is 5.97 Å². The minimum atomic E-state index is -3.16. The molecule has 1 aliphatic rings. The maximum absolute atomic E-state index is 11.0. The standard InChI is InChI=1S/C6H10O5S2/c7-4-2-13(10,11)3-5(4)12-1-6(8)9/h4-5,7H,1-3H2,(H,8,9)/t4-,5-/m1/s1. The van der Waals surface area contributed by atoms with Gasteiger partial charge in [-0.25, -0.2) is 8.42 Å². The molecule has 76 valence electrons. The number of aliphatic carboxylic acids is 1. The molecule has 7 heteroatoms. The Balaban J connectivity index is 2.49. The predicted molar refractivity (Wildman–Crippen MR) is 48.5 cm³/mol. The van der Waals surface area contributed by atoms with Gasteiger partial charge in [-0.2, -0.15) is 0 Å². The van der Waals surface area contributed by atoms with Gasteiger partial charge in [-0.3, -0.25) is 4.79 Å². The predicted octanol–water partition coefficient (Wildman–Crippen LogP) is -1.04. The average Bonchev–Trinajstić information content (AvgIpc) is 2.20. The number of carboxylic acids is 1. The van der Waals surface area contributed by atoms with Crippen LogP contribution in [0.3, 0.4) is 0 Å². The summed E-state index contributed by atoms with van der Waals surface area (Å²) >= 11 is 0.974. The zero-order chi connectivity index (χ0) is 10.1. The molecule has 13 heavy (non-hydrogen) atoms. The highest BCUT2D eigenvalue weighted by molar-refractivity contribution is 8.02. The Labute approximate surface area is 80.1 Å². The summed E-state index contributed by atoms with van der Waals surface area (Å²) in [5, 5.41) is 17.1. The fourth-order valence-corrected chi connectivity index (χ4v) is 4.55. The van der Waals surface area contributed by atoms with Crippen molar-refractivity contribution in [2.45, 2.75) is 11.4 Å². The van der Waals surface area contributed by atoms with E-state index in [4.69, 9.17) is 5.11 Å². The maximum Gasteiger partial charge on any atom is 0.313 e. The first kappa shape index (κ1) is 10.8. The van der Waals surface area contributed by atoms with Crippen molar-refractivity contribution in [3.8, 4) is 0 Å². The molecule has 0 unspecified atom stereocenters. The van der Waals surface area contributed by atoms with E-state index in [-0.39, 0.29) is 17.3 Å². The van der Waals surface area contributed by atoms with Crippen LogP contribution in [0.15, 0.2) is 0 Å². The highest BCUT2D eigenvalue weighted by Crippen LogP contribution is 2.24. The van der Waals surface area contributed by atoms with E-state index in [1.807, 2.05) is 0 Å². The number of carbonyl (C=O) groups is 1. The van der Waals surface area contributed by atoms with Crippen molar-refractivity contribution in [3.63, 3.8) is 0 Å². The molecule has 0 bridgehead atoms. The monoisotopic (exact) mass is 226 g/mol. The van der Waals surface area contributed by atoms with Gasteiger partial charge in [0.2, 0.25) is 0 Å². The lowest BCUT2D eigenvalue weighted by Crippen LogP contribution is -2.21. The van der Waals surface area contributed by atoms with Crippen molar-refractivity contribution < 1.29 is 23.4 Å². The molecule has 1 rings (SSSR count). The molecule has 0 aliphatic carbocycles. The van der Waals surface area contributed by atoms with E-state index in [1.54, 1.807) is 0 Å². The lowest BCUT2D eigenvalue weighted by atomic mass is 10.3. The topological polar surface area (TPSA) is 91.7 Å².